The Labute approximate surface area is 91.1 Å². The summed E-state index contributed by atoms with van der Waals surface area (Å²) >= 11 is 0. The van der Waals surface area contributed by atoms with Crippen molar-refractivity contribution in [3.63, 3.8) is 0 Å². The lowest BCUT2D eigenvalue weighted by Gasteiger charge is -2.22. The molecule has 0 spiro atoms. The molecule has 0 aliphatic carbocycles. The van der Waals surface area contributed by atoms with Gasteiger partial charge in [-0.05, 0) is 18.8 Å². The molecule has 0 aromatic heterocycles. The zero-order valence-corrected chi connectivity index (χ0v) is 8.68. The van der Waals surface area contributed by atoms with Crippen LogP contribution in [0.5, 0.6) is 0 Å². The number of amides is 1. The van der Waals surface area contributed by atoms with Crippen molar-refractivity contribution in [3.8, 4) is 0 Å². The molecule has 0 aromatic rings. The maximum Gasteiger partial charge on any atom is 0.422 e. The number of rotatable bonds is 3. The standard InChI is InChI=1S/C9H14F3NO3/c10-9(11,12)6-16-8(14)13-5-7-1-3-15-4-2-7/h7H,1-6H2,(H,13,14). The summed E-state index contributed by atoms with van der Waals surface area (Å²) in [5, 5.41) is 2.31. The summed E-state index contributed by atoms with van der Waals surface area (Å²) in [6.07, 6.45) is -3.89. The molecule has 1 saturated heterocycles. The molecule has 4 nitrogen and oxygen atoms in total. The van der Waals surface area contributed by atoms with Gasteiger partial charge in [0.25, 0.3) is 0 Å². The van der Waals surface area contributed by atoms with E-state index in [4.69, 9.17) is 4.74 Å². The van der Waals surface area contributed by atoms with Crippen LogP contribution in [-0.2, 0) is 9.47 Å². The number of carbonyl (C=O) groups excluding carboxylic acids is 1. The van der Waals surface area contributed by atoms with Gasteiger partial charge in [0.15, 0.2) is 6.61 Å². The average Bonchev–Trinajstić information content (AvgIpc) is 2.24. The largest absolute Gasteiger partial charge is 0.440 e. The van der Waals surface area contributed by atoms with Crippen LogP contribution in [0.25, 0.3) is 0 Å². The van der Waals surface area contributed by atoms with Gasteiger partial charge in [0, 0.05) is 19.8 Å². The van der Waals surface area contributed by atoms with Crippen molar-refractivity contribution in [2.75, 3.05) is 26.4 Å². The molecule has 16 heavy (non-hydrogen) atoms. The highest BCUT2D eigenvalue weighted by molar-refractivity contribution is 5.67. The van der Waals surface area contributed by atoms with Crippen molar-refractivity contribution in [3.05, 3.63) is 0 Å². The number of alkyl halides is 3. The van der Waals surface area contributed by atoms with Crippen LogP contribution in [-0.4, -0.2) is 38.6 Å². The van der Waals surface area contributed by atoms with Gasteiger partial charge in [0.2, 0.25) is 0 Å². The van der Waals surface area contributed by atoms with E-state index in [1.807, 2.05) is 0 Å². The van der Waals surface area contributed by atoms with E-state index in [1.165, 1.54) is 0 Å². The first-order chi connectivity index (χ1) is 7.47. The number of halogens is 3. The Hall–Kier alpha value is -0.980. The highest BCUT2D eigenvalue weighted by Crippen LogP contribution is 2.15. The van der Waals surface area contributed by atoms with E-state index >= 15 is 0 Å². The van der Waals surface area contributed by atoms with Crippen LogP contribution < -0.4 is 5.32 Å². The third-order valence-electron chi connectivity index (χ3n) is 2.24. The Kier molecular flexibility index (Phi) is 4.85. The third-order valence-corrected chi connectivity index (χ3v) is 2.24. The molecule has 0 radical (unpaired) electrons. The Balaban J connectivity index is 2.09. The highest BCUT2D eigenvalue weighted by atomic mass is 19.4. The van der Waals surface area contributed by atoms with Crippen LogP contribution in [0, 0.1) is 5.92 Å². The molecule has 94 valence electrons. The molecule has 0 bridgehead atoms. The Morgan fingerprint density at radius 3 is 2.56 bits per heavy atom. The predicted octanol–water partition coefficient (Wildman–Crippen LogP) is 1.70. The van der Waals surface area contributed by atoms with Crippen LogP contribution >= 0.6 is 0 Å². The van der Waals surface area contributed by atoms with Crippen LogP contribution in [0.4, 0.5) is 18.0 Å². The SMILES string of the molecule is O=C(NCC1CCOCC1)OCC(F)(F)F. The number of hydrogen-bond donors (Lipinski definition) is 1. The molecule has 1 fully saturated rings. The summed E-state index contributed by atoms with van der Waals surface area (Å²) < 4.78 is 44.2. The normalized spacial score (nSPS) is 18.2. The first-order valence-corrected chi connectivity index (χ1v) is 5.02. The number of carbonyl (C=O) groups is 1. The fraction of sp³-hybridized carbons (Fsp3) is 0.889. The summed E-state index contributed by atoms with van der Waals surface area (Å²) in [5.74, 6) is 0.257. The van der Waals surface area contributed by atoms with Gasteiger partial charge in [-0.25, -0.2) is 4.79 Å². The molecule has 1 amide bonds. The fourth-order valence-electron chi connectivity index (χ4n) is 1.38. The van der Waals surface area contributed by atoms with Crippen molar-refractivity contribution in [1.82, 2.24) is 5.32 Å². The Bertz CT molecular complexity index is 227. The van der Waals surface area contributed by atoms with Crippen molar-refractivity contribution in [2.45, 2.75) is 19.0 Å². The van der Waals surface area contributed by atoms with E-state index in [0.29, 0.717) is 19.8 Å². The zero-order valence-electron chi connectivity index (χ0n) is 8.68. The fourth-order valence-corrected chi connectivity index (χ4v) is 1.38. The monoisotopic (exact) mass is 241 g/mol. The van der Waals surface area contributed by atoms with E-state index in [2.05, 4.69) is 10.1 Å². The summed E-state index contributed by atoms with van der Waals surface area (Å²) in [4.78, 5) is 10.9. The van der Waals surface area contributed by atoms with Crippen molar-refractivity contribution < 1.29 is 27.4 Å². The molecule has 1 rings (SSSR count). The number of ether oxygens (including phenoxy) is 2. The van der Waals surface area contributed by atoms with Gasteiger partial charge >= 0.3 is 12.3 Å². The molecule has 0 atom stereocenters. The lowest BCUT2D eigenvalue weighted by Crippen LogP contribution is -2.34. The summed E-state index contributed by atoms with van der Waals surface area (Å²) in [5.41, 5.74) is 0. The Morgan fingerprint density at radius 2 is 2.00 bits per heavy atom. The van der Waals surface area contributed by atoms with Crippen molar-refractivity contribution in [2.24, 2.45) is 5.92 Å². The van der Waals surface area contributed by atoms with E-state index in [1.54, 1.807) is 0 Å². The van der Waals surface area contributed by atoms with Gasteiger partial charge in [0.05, 0.1) is 0 Å². The maximum absolute atomic E-state index is 11.7. The van der Waals surface area contributed by atoms with Gasteiger partial charge in [-0.15, -0.1) is 0 Å². The molecule has 1 aliphatic heterocycles. The van der Waals surface area contributed by atoms with Gasteiger partial charge in [-0.2, -0.15) is 13.2 Å². The lowest BCUT2D eigenvalue weighted by molar-refractivity contribution is -0.160. The predicted molar refractivity (Wildman–Crippen MR) is 48.9 cm³/mol. The van der Waals surface area contributed by atoms with Gasteiger partial charge < -0.3 is 14.8 Å². The first-order valence-electron chi connectivity index (χ1n) is 5.02. The molecular weight excluding hydrogens is 227 g/mol. The minimum Gasteiger partial charge on any atom is -0.440 e. The van der Waals surface area contributed by atoms with Crippen LogP contribution in [0.15, 0.2) is 0 Å². The summed E-state index contributed by atoms with van der Waals surface area (Å²) in [6.45, 7) is 0.0422. The van der Waals surface area contributed by atoms with Crippen molar-refractivity contribution in [1.29, 1.82) is 0 Å². The second-order valence-electron chi connectivity index (χ2n) is 3.63. The Morgan fingerprint density at radius 1 is 1.38 bits per heavy atom. The van der Waals surface area contributed by atoms with Gasteiger partial charge in [-0.3, -0.25) is 0 Å². The van der Waals surface area contributed by atoms with E-state index in [0.717, 1.165) is 12.8 Å². The van der Waals surface area contributed by atoms with Gasteiger partial charge in [0.1, 0.15) is 0 Å². The number of nitrogens with one attached hydrogen (secondary N) is 1. The quantitative estimate of drug-likeness (QED) is 0.818. The van der Waals surface area contributed by atoms with E-state index in [-0.39, 0.29) is 5.92 Å². The molecule has 1 heterocycles. The molecule has 1 aliphatic rings. The van der Waals surface area contributed by atoms with Crippen LogP contribution in [0.3, 0.4) is 0 Å². The van der Waals surface area contributed by atoms with E-state index in [9.17, 15) is 18.0 Å². The van der Waals surface area contributed by atoms with Crippen molar-refractivity contribution >= 4 is 6.09 Å². The molecule has 0 unspecified atom stereocenters. The maximum atomic E-state index is 11.7. The van der Waals surface area contributed by atoms with E-state index < -0.39 is 18.9 Å². The molecular formula is C9H14F3NO3. The lowest BCUT2D eigenvalue weighted by atomic mass is 10.0. The molecule has 0 saturated carbocycles. The number of hydrogen-bond acceptors (Lipinski definition) is 3. The topological polar surface area (TPSA) is 47.6 Å². The summed E-state index contributed by atoms with van der Waals surface area (Å²) in [6, 6.07) is 0. The summed E-state index contributed by atoms with van der Waals surface area (Å²) in [7, 11) is 0. The third kappa shape index (κ3) is 5.79. The van der Waals surface area contributed by atoms with Gasteiger partial charge in [-0.1, -0.05) is 0 Å². The second kappa shape index (κ2) is 5.93. The first kappa shape index (κ1) is 13.1. The minimum atomic E-state index is -4.48. The molecule has 1 N–H and O–H groups in total. The molecule has 0 aromatic carbocycles. The minimum absolute atomic E-state index is 0.257. The smallest absolute Gasteiger partial charge is 0.422 e. The average molecular weight is 241 g/mol. The van der Waals surface area contributed by atoms with Crippen LogP contribution in [0.1, 0.15) is 12.8 Å². The number of alkyl carbamates (subject to hydrolysis) is 1. The highest BCUT2D eigenvalue weighted by Gasteiger charge is 2.29. The second-order valence-corrected chi connectivity index (χ2v) is 3.63. The molecule has 7 heteroatoms. The zero-order chi connectivity index (χ0) is 12.0. The van der Waals surface area contributed by atoms with Crippen LogP contribution in [0.2, 0.25) is 0 Å².